The smallest absolute Gasteiger partial charge is 0.0429 e. The van der Waals surface area contributed by atoms with Gasteiger partial charge in [-0.15, -0.1) is 11.8 Å². The predicted molar refractivity (Wildman–Crippen MR) is 67.6 cm³/mol. The summed E-state index contributed by atoms with van der Waals surface area (Å²) in [5.41, 5.74) is 1.17. The molecule has 15 heavy (non-hydrogen) atoms. The summed E-state index contributed by atoms with van der Waals surface area (Å²) in [5, 5.41) is 0. The molecule has 0 N–H and O–H groups in total. The van der Waals surface area contributed by atoms with Crippen molar-refractivity contribution < 1.29 is 0 Å². The van der Waals surface area contributed by atoms with Gasteiger partial charge < -0.3 is 4.90 Å². The van der Waals surface area contributed by atoms with Gasteiger partial charge in [-0.1, -0.05) is 13.8 Å². The predicted octanol–water partition coefficient (Wildman–Crippen LogP) is 2.86. The largest absolute Gasteiger partial charge is 0.309 e. The van der Waals surface area contributed by atoms with Crippen molar-refractivity contribution in [2.45, 2.75) is 24.7 Å². The molecule has 0 atom stereocenters. The number of nitrogens with zero attached hydrogens (tertiary/aromatic N) is 2. The minimum atomic E-state index is 0.519. The second-order valence-electron chi connectivity index (χ2n) is 4.23. The van der Waals surface area contributed by atoms with E-state index in [4.69, 9.17) is 0 Å². The van der Waals surface area contributed by atoms with E-state index < -0.39 is 0 Å². The van der Waals surface area contributed by atoms with Crippen LogP contribution in [0.25, 0.3) is 0 Å². The molecular weight excluding hydrogens is 204 g/mol. The van der Waals surface area contributed by atoms with E-state index in [1.165, 1.54) is 10.6 Å². The van der Waals surface area contributed by atoms with Crippen molar-refractivity contribution in [2.24, 2.45) is 0 Å². The minimum Gasteiger partial charge on any atom is -0.309 e. The van der Waals surface area contributed by atoms with E-state index in [2.05, 4.69) is 50.0 Å². The number of rotatable bonds is 5. The zero-order chi connectivity index (χ0) is 11.3. The molecule has 0 aliphatic carbocycles. The van der Waals surface area contributed by atoms with E-state index in [-0.39, 0.29) is 0 Å². The molecule has 0 aliphatic rings. The topological polar surface area (TPSA) is 16.1 Å². The standard InChI is InChI=1S/C12H20N2S/c1-10(2)12-6-5-11(9-13-12)15-8-7-14(3)4/h5-6,9-10H,7-8H2,1-4H3. The maximum absolute atomic E-state index is 4.44. The van der Waals surface area contributed by atoms with Crippen LogP contribution in [0.15, 0.2) is 23.2 Å². The van der Waals surface area contributed by atoms with Crippen LogP contribution in [0.1, 0.15) is 25.5 Å². The van der Waals surface area contributed by atoms with Gasteiger partial charge in [0.15, 0.2) is 0 Å². The van der Waals surface area contributed by atoms with Crippen molar-refractivity contribution >= 4 is 11.8 Å². The Kier molecular flexibility index (Phi) is 5.12. The van der Waals surface area contributed by atoms with Crippen molar-refractivity contribution in [1.29, 1.82) is 0 Å². The van der Waals surface area contributed by atoms with Gasteiger partial charge in [0, 0.05) is 29.1 Å². The third-order valence-electron chi connectivity index (χ3n) is 2.16. The van der Waals surface area contributed by atoms with E-state index in [9.17, 15) is 0 Å². The molecule has 0 aliphatic heterocycles. The molecule has 1 heterocycles. The summed E-state index contributed by atoms with van der Waals surface area (Å²) < 4.78 is 0. The first kappa shape index (κ1) is 12.5. The van der Waals surface area contributed by atoms with Crippen molar-refractivity contribution in [3.05, 3.63) is 24.0 Å². The van der Waals surface area contributed by atoms with Gasteiger partial charge >= 0.3 is 0 Å². The highest BCUT2D eigenvalue weighted by atomic mass is 32.2. The van der Waals surface area contributed by atoms with Crippen LogP contribution >= 0.6 is 11.8 Å². The SMILES string of the molecule is CC(C)c1ccc(SCCN(C)C)cn1. The van der Waals surface area contributed by atoms with Crippen LogP contribution in [0, 0.1) is 0 Å². The van der Waals surface area contributed by atoms with Crippen LogP contribution in [0.4, 0.5) is 0 Å². The van der Waals surface area contributed by atoms with E-state index in [1.54, 1.807) is 0 Å². The molecule has 0 fully saturated rings. The normalized spacial score (nSPS) is 11.3. The number of hydrogen-bond acceptors (Lipinski definition) is 3. The Balaban J connectivity index is 2.43. The highest BCUT2D eigenvalue weighted by Gasteiger charge is 2.00. The van der Waals surface area contributed by atoms with Crippen LogP contribution in [-0.2, 0) is 0 Å². The van der Waals surface area contributed by atoms with Crippen molar-refractivity contribution in [3.8, 4) is 0 Å². The summed E-state index contributed by atoms with van der Waals surface area (Å²) in [7, 11) is 4.20. The number of hydrogen-bond donors (Lipinski definition) is 0. The van der Waals surface area contributed by atoms with Crippen LogP contribution in [0.5, 0.6) is 0 Å². The van der Waals surface area contributed by atoms with E-state index in [0.717, 1.165) is 12.3 Å². The van der Waals surface area contributed by atoms with Gasteiger partial charge in [-0.25, -0.2) is 0 Å². The maximum atomic E-state index is 4.44. The minimum absolute atomic E-state index is 0.519. The van der Waals surface area contributed by atoms with Gasteiger partial charge in [0.1, 0.15) is 0 Å². The molecule has 0 bridgehead atoms. The molecule has 1 aromatic heterocycles. The highest BCUT2D eigenvalue weighted by molar-refractivity contribution is 7.99. The monoisotopic (exact) mass is 224 g/mol. The van der Waals surface area contributed by atoms with E-state index >= 15 is 0 Å². The average molecular weight is 224 g/mol. The Morgan fingerprint density at radius 2 is 2.07 bits per heavy atom. The van der Waals surface area contributed by atoms with Crippen molar-refractivity contribution in [1.82, 2.24) is 9.88 Å². The number of aromatic nitrogens is 1. The zero-order valence-corrected chi connectivity index (χ0v) is 10.8. The summed E-state index contributed by atoms with van der Waals surface area (Å²) in [6.45, 7) is 5.44. The Morgan fingerprint density at radius 3 is 2.53 bits per heavy atom. The number of thioether (sulfide) groups is 1. The summed E-state index contributed by atoms with van der Waals surface area (Å²) >= 11 is 1.87. The lowest BCUT2D eigenvalue weighted by atomic mass is 10.1. The van der Waals surface area contributed by atoms with Crippen LogP contribution in [0.2, 0.25) is 0 Å². The quantitative estimate of drug-likeness (QED) is 0.715. The van der Waals surface area contributed by atoms with Gasteiger partial charge in [-0.2, -0.15) is 0 Å². The lowest BCUT2D eigenvalue weighted by Gasteiger charge is -2.09. The summed E-state index contributed by atoms with van der Waals surface area (Å²) in [6, 6.07) is 4.30. The molecule has 0 aromatic carbocycles. The molecule has 3 heteroatoms. The molecule has 0 radical (unpaired) electrons. The lowest BCUT2D eigenvalue weighted by molar-refractivity contribution is 0.437. The molecule has 0 spiro atoms. The molecule has 0 saturated heterocycles. The first-order valence-corrected chi connectivity index (χ1v) is 6.31. The molecule has 0 saturated carbocycles. The fraction of sp³-hybridized carbons (Fsp3) is 0.583. The van der Waals surface area contributed by atoms with Gasteiger partial charge in [-0.3, -0.25) is 4.98 Å². The molecule has 2 nitrogen and oxygen atoms in total. The van der Waals surface area contributed by atoms with Crippen molar-refractivity contribution in [3.63, 3.8) is 0 Å². The third kappa shape index (κ3) is 4.67. The second kappa shape index (κ2) is 6.13. The maximum Gasteiger partial charge on any atom is 0.0429 e. The highest BCUT2D eigenvalue weighted by Crippen LogP contribution is 2.19. The van der Waals surface area contributed by atoms with Gasteiger partial charge in [0.2, 0.25) is 0 Å². The molecule has 0 amide bonds. The van der Waals surface area contributed by atoms with Crippen LogP contribution in [0.3, 0.4) is 0 Å². The zero-order valence-electron chi connectivity index (χ0n) is 10.0. The Labute approximate surface area is 97.1 Å². The fourth-order valence-electron chi connectivity index (χ4n) is 1.16. The summed E-state index contributed by atoms with van der Waals surface area (Å²) in [6.07, 6.45) is 1.98. The van der Waals surface area contributed by atoms with Crippen LogP contribution in [-0.4, -0.2) is 36.3 Å². The molecule has 0 unspecified atom stereocenters. The van der Waals surface area contributed by atoms with Gasteiger partial charge in [0.25, 0.3) is 0 Å². The van der Waals surface area contributed by atoms with Gasteiger partial charge in [0.05, 0.1) is 0 Å². The first-order valence-electron chi connectivity index (χ1n) is 5.33. The van der Waals surface area contributed by atoms with Crippen LogP contribution < -0.4 is 0 Å². The summed E-state index contributed by atoms with van der Waals surface area (Å²) in [4.78, 5) is 7.90. The fourth-order valence-corrected chi connectivity index (χ4v) is 2.15. The number of pyridine rings is 1. The lowest BCUT2D eigenvalue weighted by Crippen LogP contribution is -2.14. The molecule has 1 rings (SSSR count). The van der Waals surface area contributed by atoms with E-state index in [0.29, 0.717) is 5.92 Å². The molecular formula is C12H20N2S. The Bertz CT molecular complexity index is 280. The Hall–Kier alpha value is -0.540. The summed E-state index contributed by atoms with van der Waals surface area (Å²) in [5.74, 6) is 1.64. The Morgan fingerprint density at radius 1 is 1.33 bits per heavy atom. The second-order valence-corrected chi connectivity index (χ2v) is 5.39. The first-order chi connectivity index (χ1) is 7.09. The van der Waals surface area contributed by atoms with Gasteiger partial charge in [-0.05, 0) is 32.1 Å². The average Bonchev–Trinajstić information content (AvgIpc) is 2.18. The van der Waals surface area contributed by atoms with E-state index in [1.807, 2.05) is 18.0 Å². The third-order valence-corrected chi connectivity index (χ3v) is 3.12. The van der Waals surface area contributed by atoms with Crippen molar-refractivity contribution in [2.75, 3.05) is 26.4 Å². The molecule has 84 valence electrons. The molecule has 1 aromatic rings.